The van der Waals surface area contributed by atoms with Crippen molar-refractivity contribution in [3.8, 4) is 0 Å². The zero-order chi connectivity index (χ0) is 9.84. The molecular formula is C8H13BrN4. The molecule has 0 saturated carbocycles. The molecule has 0 atom stereocenters. The fourth-order valence-electron chi connectivity index (χ4n) is 0.862. The normalized spacial score (nSPS) is 10.2. The van der Waals surface area contributed by atoms with Crippen molar-refractivity contribution in [3.63, 3.8) is 0 Å². The summed E-state index contributed by atoms with van der Waals surface area (Å²) in [6, 6.07) is 0.357. The maximum Gasteiger partial charge on any atom is 0.224 e. The summed E-state index contributed by atoms with van der Waals surface area (Å²) in [6.45, 7) is 4.13. The standard InChI is InChI=1S/C8H13BrN4/c1-5(2)12-7-6(9)4-11-8(10-3)13-7/h4-5H,1-3H3,(H2,10,11,12,13). The van der Waals surface area contributed by atoms with E-state index in [2.05, 4.69) is 50.4 Å². The van der Waals surface area contributed by atoms with Gasteiger partial charge >= 0.3 is 0 Å². The Hall–Kier alpha value is -0.840. The van der Waals surface area contributed by atoms with Crippen molar-refractivity contribution in [3.05, 3.63) is 10.7 Å². The molecule has 1 rings (SSSR count). The lowest BCUT2D eigenvalue weighted by atomic mass is 10.4. The van der Waals surface area contributed by atoms with Crippen LogP contribution in [0.15, 0.2) is 10.7 Å². The van der Waals surface area contributed by atoms with Crippen LogP contribution in [0.2, 0.25) is 0 Å². The molecule has 1 aromatic rings. The molecule has 1 heterocycles. The van der Waals surface area contributed by atoms with Gasteiger partial charge < -0.3 is 10.6 Å². The molecular weight excluding hydrogens is 232 g/mol. The minimum atomic E-state index is 0.357. The Morgan fingerprint density at radius 3 is 2.69 bits per heavy atom. The second-order valence-electron chi connectivity index (χ2n) is 2.94. The highest BCUT2D eigenvalue weighted by atomic mass is 79.9. The summed E-state index contributed by atoms with van der Waals surface area (Å²) in [7, 11) is 1.79. The smallest absolute Gasteiger partial charge is 0.224 e. The Morgan fingerprint density at radius 2 is 2.15 bits per heavy atom. The molecule has 2 N–H and O–H groups in total. The Balaban J connectivity index is 2.90. The average Bonchev–Trinajstić information content (AvgIpc) is 2.08. The van der Waals surface area contributed by atoms with Crippen LogP contribution >= 0.6 is 15.9 Å². The second-order valence-corrected chi connectivity index (χ2v) is 3.79. The van der Waals surface area contributed by atoms with E-state index < -0.39 is 0 Å². The molecule has 0 radical (unpaired) electrons. The Kier molecular flexibility index (Phi) is 3.48. The molecule has 5 heteroatoms. The summed E-state index contributed by atoms with van der Waals surface area (Å²) in [5.41, 5.74) is 0. The highest BCUT2D eigenvalue weighted by Crippen LogP contribution is 2.20. The van der Waals surface area contributed by atoms with Gasteiger partial charge in [0, 0.05) is 19.3 Å². The van der Waals surface area contributed by atoms with E-state index in [1.807, 2.05) is 0 Å². The van der Waals surface area contributed by atoms with Crippen molar-refractivity contribution >= 4 is 27.7 Å². The quantitative estimate of drug-likeness (QED) is 0.856. The summed E-state index contributed by atoms with van der Waals surface area (Å²) in [5, 5.41) is 6.09. The fraction of sp³-hybridized carbons (Fsp3) is 0.500. The average molecular weight is 245 g/mol. The van der Waals surface area contributed by atoms with Gasteiger partial charge in [0.2, 0.25) is 5.95 Å². The van der Waals surface area contributed by atoms with Crippen molar-refractivity contribution in [1.29, 1.82) is 0 Å². The monoisotopic (exact) mass is 244 g/mol. The Morgan fingerprint density at radius 1 is 1.46 bits per heavy atom. The van der Waals surface area contributed by atoms with Crippen LogP contribution in [0.4, 0.5) is 11.8 Å². The first-order chi connectivity index (χ1) is 6.13. The summed E-state index contributed by atoms with van der Waals surface area (Å²) in [4.78, 5) is 8.31. The van der Waals surface area contributed by atoms with E-state index in [1.165, 1.54) is 0 Å². The van der Waals surface area contributed by atoms with Crippen molar-refractivity contribution in [2.75, 3.05) is 17.7 Å². The first kappa shape index (κ1) is 10.2. The molecule has 72 valence electrons. The van der Waals surface area contributed by atoms with Crippen LogP contribution < -0.4 is 10.6 Å². The van der Waals surface area contributed by atoms with Gasteiger partial charge in [-0.3, -0.25) is 0 Å². The maximum absolute atomic E-state index is 4.25. The van der Waals surface area contributed by atoms with Crippen LogP contribution in [-0.2, 0) is 0 Å². The molecule has 0 amide bonds. The van der Waals surface area contributed by atoms with E-state index in [0.717, 1.165) is 10.3 Å². The van der Waals surface area contributed by atoms with Gasteiger partial charge in [0.25, 0.3) is 0 Å². The second kappa shape index (κ2) is 4.41. The van der Waals surface area contributed by atoms with Crippen LogP contribution in [0.1, 0.15) is 13.8 Å². The van der Waals surface area contributed by atoms with Crippen LogP contribution in [0.25, 0.3) is 0 Å². The summed E-state index contributed by atoms with van der Waals surface area (Å²) in [5.74, 6) is 1.43. The van der Waals surface area contributed by atoms with Crippen LogP contribution in [0.3, 0.4) is 0 Å². The zero-order valence-corrected chi connectivity index (χ0v) is 9.51. The summed E-state index contributed by atoms with van der Waals surface area (Å²) < 4.78 is 0.875. The highest BCUT2D eigenvalue weighted by Gasteiger charge is 2.04. The molecule has 0 spiro atoms. The fourth-order valence-corrected chi connectivity index (χ4v) is 1.17. The molecule has 0 bridgehead atoms. The number of halogens is 1. The van der Waals surface area contributed by atoms with E-state index in [1.54, 1.807) is 13.2 Å². The molecule has 0 aromatic carbocycles. The van der Waals surface area contributed by atoms with E-state index in [9.17, 15) is 0 Å². The molecule has 0 aliphatic carbocycles. The van der Waals surface area contributed by atoms with E-state index in [4.69, 9.17) is 0 Å². The third-order valence-electron chi connectivity index (χ3n) is 1.39. The van der Waals surface area contributed by atoms with Crippen molar-refractivity contribution < 1.29 is 0 Å². The first-order valence-corrected chi connectivity index (χ1v) is 4.89. The molecule has 0 unspecified atom stereocenters. The number of rotatable bonds is 3. The lowest BCUT2D eigenvalue weighted by Gasteiger charge is -2.11. The summed E-state index contributed by atoms with van der Waals surface area (Å²) in [6.07, 6.45) is 1.73. The molecule has 0 aliphatic heterocycles. The molecule has 0 saturated heterocycles. The highest BCUT2D eigenvalue weighted by molar-refractivity contribution is 9.10. The summed E-state index contributed by atoms with van der Waals surface area (Å²) >= 11 is 3.37. The number of hydrogen-bond acceptors (Lipinski definition) is 4. The maximum atomic E-state index is 4.25. The number of anilines is 2. The molecule has 0 fully saturated rings. The van der Waals surface area contributed by atoms with Gasteiger partial charge in [-0.05, 0) is 29.8 Å². The molecule has 13 heavy (non-hydrogen) atoms. The predicted molar refractivity (Wildman–Crippen MR) is 58.0 cm³/mol. The number of hydrogen-bond donors (Lipinski definition) is 2. The van der Waals surface area contributed by atoms with Gasteiger partial charge in [-0.25, -0.2) is 4.98 Å². The molecule has 0 aliphatic rings. The van der Waals surface area contributed by atoms with Crippen molar-refractivity contribution in [2.24, 2.45) is 0 Å². The number of aromatic nitrogens is 2. The van der Waals surface area contributed by atoms with Crippen LogP contribution in [-0.4, -0.2) is 23.1 Å². The Bertz CT molecular complexity index is 287. The van der Waals surface area contributed by atoms with E-state index in [0.29, 0.717) is 12.0 Å². The minimum Gasteiger partial charge on any atom is -0.367 e. The van der Waals surface area contributed by atoms with Gasteiger partial charge in [-0.1, -0.05) is 0 Å². The van der Waals surface area contributed by atoms with Gasteiger partial charge in [-0.2, -0.15) is 4.98 Å². The van der Waals surface area contributed by atoms with E-state index in [-0.39, 0.29) is 0 Å². The third kappa shape index (κ3) is 2.84. The number of nitrogens with one attached hydrogen (secondary N) is 2. The third-order valence-corrected chi connectivity index (χ3v) is 1.97. The SMILES string of the molecule is CNc1ncc(Br)c(NC(C)C)n1. The van der Waals surface area contributed by atoms with Crippen molar-refractivity contribution in [1.82, 2.24) is 9.97 Å². The lowest BCUT2D eigenvalue weighted by molar-refractivity contribution is 0.884. The zero-order valence-electron chi connectivity index (χ0n) is 7.93. The number of nitrogens with zero attached hydrogens (tertiary/aromatic N) is 2. The minimum absolute atomic E-state index is 0.357. The largest absolute Gasteiger partial charge is 0.367 e. The first-order valence-electron chi connectivity index (χ1n) is 4.10. The topological polar surface area (TPSA) is 49.8 Å². The van der Waals surface area contributed by atoms with Gasteiger partial charge in [-0.15, -0.1) is 0 Å². The van der Waals surface area contributed by atoms with Gasteiger partial charge in [0.15, 0.2) is 0 Å². The van der Waals surface area contributed by atoms with Crippen molar-refractivity contribution in [2.45, 2.75) is 19.9 Å². The molecule has 1 aromatic heterocycles. The van der Waals surface area contributed by atoms with Crippen LogP contribution in [0.5, 0.6) is 0 Å². The predicted octanol–water partition coefficient (Wildman–Crippen LogP) is 2.10. The molecule has 4 nitrogen and oxygen atoms in total. The Labute approximate surface area is 86.3 Å². The van der Waals surface area contributed by atoms with Gasteiger partial charge in [0.05, 0.1) is 4.47 Å². The van der Waals surface area contributed by atoms with Gasteiger partial charge in [0.1, 0.15) is 5.82 Å². The van der Waals surface area contributed by atoms with Crippen LogP contribution in [0, 0.1) is 0 Å². The lowest BCUT2D eigenvalue weighted by Crippen LogP contribution is -2.12. The van der Waals surface area contributed by atoms with E-state index >= 15 is 0 Å².